The van der Waals surface area contributed by atoms with E-state index in [0.29, 0.717) is 31.5 Å². The van der Waals surface area contributed by atoms with Gasteiger partial charge in [0.05, 0.1) is 10.0 Å². The van der Waals surface area contributed by atoms with E-state index in [1.165, 1.54) is 0 Å². The summed E-state index contributed by atoms with van der Waals surface area (Å²) in [5.41, 5.74) is 2.95. The smallest absolute Gasteiger partial charge is 1.00 e. The molecular weight excluding hydrogens is 563 g/mol. The van der Waals surface area contributed by atoms with E-state index in [1.807, 2.05) is 19.1 Å². The maximum atomic E-state index is 6.05. The zero-order valence-electron chi connectivity index (χ0n) is 16.2. The van der Waals surface area contributed by atoms with Crippen molar-refractivity contribution in [3.05, 3.63) is 86.6 Å². The Hall–Kier alpha value is -0.811. The van der Waals surface area contributed by atoms with E-state index in [4.69, 9.17) is 46.4 Å². The van der Waals surface area contributed by atoms with Crippen LogP contribution in [0.1, 0.15) is 19.4 Å². The van der Waals surface area contributed by atoms with Crippen LogP contribution in [0.3, 0.4) is 0 Å². The molecule has 0 amide bonds. The fraction of sp³-hybridized carbons (Fsp3) is 0.0952. The van der Waals surface area contributed by atoms with Crippen molar-refractivity contribution in [1.29, 1.82) is 0 Å². The number of hydrogen-bond acceptors (Lipinski definition) is 3. The predicted octanol–water partition coefficient (Wildman–Crippen LogP) is 2.13. The monoisotopic (exact) mass is 576 g/mol. The topological polar surface area (TPSA) is 37.6 Å². The summed E-state index contributed by atoms with van der Waals surface area (Å²) < 4.78 is 0. The van der Waals surface area contributed by atoms with E-state index in [-0.39, 0.29) is 41.9 Å². The average molecular weight is 579 g/mol. The van der Waals surface area contributed by atoms with Crippen molar-refractivity contribution in [2.24, 2.45) is 9.98 Å². The van der Waals surface area contributed by atoms with Crippen LogP contribution in [0, 0.1) is 0 Å². The predicted molar refractivity (Wildman–Crippen MR) is 122 cm³/mol. The van der Waals surface area contributed by atoms with Gasteiger partial charge in [-0.2, -0.15) is 6.21 Å². The summed E-state index contributed by atoms with van der Waals surface area (Å²) in [6.45, 7) is 3.59. The maximum absolute atomic E-state index is 6.05. The molecule has 1 heterocycles. The number of hydrogen-bond donors (Lipinski definition) is 0. The van der Waals surface area contributed by atoms with Crippen LogP contribution in [0.2, 0.25) is 20.1 Å². The Balaban J connectivity index is 0. The van der Waals surface area contributed by atoms with Crippen LogP contribution in [0.4, 0.5) is 11.4 Å². The number of para-hydroxylation sites is 2. The number of pyridine rings is 1. The van der Waals surface area contributed by atoms with Crippen LogP contribution >= 0.6 is 46.4 Å². The third kappa shape index (κ3) is 10.1. The molecule has 1 aromatic heterocycles. The molecule has 0 saturated carbocycles. The molecule has 0 atom stereocenters. The third-order valence-electron chi connectivity index (χ3n) is 3.46. The second kappa shape index (κ2) is 16.8. The molecule has 10 heteroatoms. The summed E-state index contributed by atoms with van der Waals surface area (Å²) in [4.78, 5) is 12.4. The normalized spacial score (nSPS) is 10.2. The Labute approximate surface area is 225 Å². The van der Waals surface area contributed by atoms with Crippen LogP contribution in [0.15, 0.2) is 70.9 Å². The molecule has 3 nitrogen and oxygen atoms in total. The van der Waals surface area contributed by atoms with E-state index in [2.05, 4.69) is 21.2 Å². The van der Waals surface area contributed by atoms with Gasteiger partial charge in [0.25, 0.3) is 0 Å². The van der Waals surface area contributed by atoms with Crippen molar-refractivity contribution in [2.45, 2.75) is 13.8 Å². The molecule has 0 unspecified atom stereocenters. The molecule has 3 aromatic rings. The number of aliphatic imine (C=N–C) groups is 2. The van der Waals surface area contributed by atoms with Crippen LogP contribution in [0.25, 0.3) is 0 Å². The van der Waals surface area contributed by atoms with Gasteiger partial charge in [-0.3, -0.25) is 4.98 Å². The molecule has 0 saturated heterocycles. The van der Waals surface area contributed by atoms with E-state index >= 15 is 0 Å². The molecule has 0 bridgehead atoms. The molecule has 2 aromatic carbocycles. The van der Waals surface area contributed by atoms with Gasteiger partial charge in [-0.05, 0) is 35.2 Å². The fourth-order valence-electron chi connectivity index (χ4n) is 2.11. The number of halogens is 6. The first-order chi connectivity index (χ1) is 13.4. The van der Waals surface area contributed by atoms with Crippen molar-refractivity contribution in [1.82, 2.24) is 4.98 Å². The number of rotatable bonds is 3. The molecule has 0 N–H and O–H groups in total. The molecule has 0 aliphatic rings. The summed E-state index contributed by atoms with van der Waals surface area (Å²) in [5.74, 6) is 0. The van der Waals surface area contributed by atoms with E-state index < -0.39 is 0 Å². The quantitative estimate of drug-likeness (QED) is 0.267. The number of nitrogens with zero attached hydrogens (tertiary/aromatic N) is 3. The Morgan fingerprint density at radius 2 is 1.29 bits per heavy atom. The van der Waals surface area contributed by atoms with E-state index in [0.717, 1.165) is 11.3 Å². The van der Waals surface area contributed by atoms with Crippen molar-refractivity contribution < 1.29 is 41.9 Å². The standard InChI is InChI=1S/C13H10Cl2N2.C8H6Cl2N.2ClH.Fe/c1-9(10-4-3-7-16-8-10)17-13-11(14)5-2-6-12(13)15;1-2-11-8-6(9)4-3-5-7(8)10;;;/h2-8H,1H3;3-5H,1H3;2*1H;/q;-1;;;+3/p-2. The van der Waals surface area contributed by atoms with Crippen LogP contribution < -0.4 is 24.8 Å². The van der Waals surface area contributed by atoms with Gasteiger partial charge in [0.1, 0.15) is 5.69 Å². The van der Waals surface area contributed by atoms with Crippen LogP contribution in [-0.4, -0.2) is 16.9 Å². The van der Waals surface area contributed by atoms with Crippen molar-refractivity contribution in [3.8, 4) is 0 Å². The van der Waals surface area contributed by atoms with Gasteiger partial charge < -0.3 is 29.8 Å². The van der Waals surface area contributed by atoms with Gasteiger partial charge >= 0.3 is 17.1 Å². The molecule has 31 heavy (non-hydrogen) atoms. The Morgan fingerprint density at radius 3 is 1.71 bits per heavy atom. The molecule has 0 spiro atoms. The molecule has 0 aliphatic carbocycles. The van der Waals surface area contributed by atoms with Gasteiger partial charge in [-0.15, -0.1) is 30.1 Å². The van der Waals surface area contributed by atoms with E-state index in [1.54, 1.807) is 55.7 Å². The number of aromatic nitrogens is 1. The summed E-state index contributed by atoms with van der Waals surface area (Å²) in [7, 11) is 0. The van der Waals surface area contributed by atoms with Gasteiger partial charge in [-0.1, -0.05) is 59.2 Å². The summed E-state index contributed by atoms with van der Waals surface area (Å²) in [6.07, 6.45) is 6.10. The van der Waals surface area contributed by atoms with E-state index in [9.17, 15) is 0 Å². The summed E-state index contributed by atoms with van der Waals surface area (Å²) >= 11 is 23.7. The third-order valence-corrected chi connectivity index (χ3v) is 4.68. The SMILES string of the molecule is CC(=Nc1c(Cl)cccc1Cl)c1cccnc1.C[C-]=Nc1c(Cl)cccc1Cl.[Cl-].[Cl-].[Fe+3]. The Kier molecular flexibility index (Phi) is 17.5. The van der Waals surface area contributed by atoms with Crippen LogP contribution in [-0.2, 0) is 17.1 Å². The molecule has 3 rings (SSSR count). The Morgan fingerprint density at radius 1 is 0.806 bits per heavy atom. The molecule has 0 fully saturated rings. The van der Waals surface area contributed by atoms with Gasteiger partial charge in [0, 0.05) is 23.7 Å². The second-order valence-electron chi connectivity index (χ2n) is 5.41. The molecule has 165 valence electrons. The first-order valence-electron chi connectivity index (χ1n) is 8.15. The maximum Gasteiger partial charge on any atom is 3.00 e. The van der Waals surface area contributed by atoms with Crippen molar-refractivity contribution in [2.75, 3.05) is 0 Å². The summed E-state index contributed by atoms with van der Waals surface area (Å²) in [5, 5.41) is 2.18. The largest absolute Gasteiger partial charge is 3.00 e. The van der Waals surface area contributed by atoms with Gasteiger partial charge in [0.2, 0.25) is 0 Å². The summed E-state index contributed by atoms with van der Waals surface area (Å²) in [6, 6.07) is 14.4. The first kappa shape index (κ1) is 32.4. The Bertz CT molecular complexity index is 957. The molecule has 1 radical (unpaired) electrons. The average Bonchev–Trinajstić information content (AvgIpc) is 2.69. The van der Waals surface area contributed by atoms with Gasteiger partial charge in [-0.25, -0.2) is 4.99 Å². The minimum atomic E-state index is 0. The molecule has 0 aliphatic heterocycles. The fourth-order valence-corrected chi connectivity index (χ4v) is 3.08. The minimum Gasteiger partial charge on any atom is -1.00 e. The number of benzene rings is 2. The zero-order valence-corrected chi connectivity index (χ0v) is 21.9. The second-order valence-corrected chi connectivity index (χ2v) is 7.04. The van der Waals surface area contributed by atoms with Crippen molar-refractivity contribution in [3.63, 3.8) is 0 Å². The first-order valence-corrected chi connectivity index (χ1v) is 9.66. The minimum absolute atomic E-state index is 0. The van der Waals surface area contributed by atoms with Gasteiger partial charge in [0.15, 0.2) is 0 Å². The van der Waals surface area contributed by atoms with Crippen molar-refractivity contribution >= 4 is 69.7 Å². The van der Waals surface area contributed by atoms with Crippen LogP contribution in [0.5, 0.6) is 0 Å². The molecular formula is C21H16Cl6FeN3. The zero-order chi connectivity index (χ0) is 20.5.